The van der Waals surface area contributed by atoms with Crippen molar-refractivity contribution in [2.24, 2.45) is 0 Å². The molecule has 1 amide bonds. The van der Waals surface area contributed by atoms with Gasteiger partial charge in [0.25, 0.3) is 16.0 Å². The van der Waals surface area contributed by atoms with Crippen molar-refractivity contribution in [3.8, 4) is 11.4 Å². The largest absolute Gasteiger partial charge is 0.497 e. The molecule has 3 aromatic rings. The van der Waals surface area contributed by atoms with Gasteiger partial charge in [0.15, 0.2) is 5.69 Å². The zero-order chi connectivity index (χ0) is 24.7. The molecule has 0 spiro atoms. The van der Waals surface area contributed by atoms with Crippen LogP contribution < -0.4 is 10.1 Å². The second-order valence-corrected chi connectivity index (χ2v) is 8.75. The Morgan fingerprint density at radius 3 is 2.32 bits per heavy atom. The molecule has 0 radical (unpaired) electrons. The topological polar surface area (TPSA) is 126 Å². The number of hydrogen-bond acceptors (Lipinski definition) is 8. The Morgan fingerprint density at radius 2 is 1.74 bits per heavy atom. The van der Waals surface area contributed by atoms with Gasteiger partial charge in [0, 0.05) is 17.7 Å². The van der Waals surface area contributed by atoms with Gasteiger partial charge in [0.1, 0.15) is 11.4 Å². The molecule has 1 heterocycles. The molecule has 2 aromatic carbocycles. The van der Waals surface area contributed by atoms with Crippen molar-refractivity contribution in [3.63, 3.8) is 0 Å². The lowest BCUT2D eigenvalue weighted by Crippen LogP contribution is -2.19. The van der Waals surface area contributed by atoms with Crippen LogP contribution in [0.5, 0.6) is 5.75 Å². The number of rotatable bonds is 10. The zero-order valence-electron chi connectivity index (χ0n) is 19.0. The van der Waals surface area contributed by atoms with Crippen LogP contribution >= 0.6 is 0 Å². The number of nitrogens with one attached hydrogen (secondary N) is 1. The number of anilines is 1. The summed E-state index contributed by atoms with van der Waals surface area (Å²) >= 11 is 0. The van der Waals surface area contributed by atoms with Gasteiger partial charge in [-0.2, -0.15) is 13.5 Å². The molecule has 180 valence electrons. The maximum atomic E-state index is 13.4. The molecule has 0 saturated heterocycles. The van der Waals surface area contributed by atoms with Crippen molar-refractivity contribution in [3.05, 3.63) is 71.5 Å². The van der Waals surface area contributed by atoms with Crippen molar-refractivity contribution in [2.45, 2.75) is 13.3 Å². The highest BCUT2D eigenvalue weighted by Gasteiger charge is 2.29. The molecule has 0 aliphatic carbocycles. The predicted octanol–water partition coefficient (Wildman–Crippen LogP) is 2.83. The molecular formula is C23H25N3O7S. The van der Waals surface area contributed by atoms with E-state index in [2.05, 4.69) is 10.4 Å². The first-order valence-corrected chi connectivity index (χ1v) is 12.2. The third-order valence-electron chi connectivity index (χ3n) is 4.67. The Labute approximate surface area is 197 Å². The number of benzene rings is 2. The second-order valence-electron chi connectivity index (χ2n) is 7.10. The second kappa shape index (κ2) is 10.9. The van der Waals surface area contributed by atoms with E-state index in [0.717, 1.165) is 6.26 Å². The van der Waals surface area contributed by atoms with E-state index in [1.54, 1.807) is 61.5 Å². The molecule has 11 heteroatoms. The Hall–Kier alpha value is -3.70. The summed E-state index contributed by atoms with van der Waals surface area (Å²) in [5.74, 6) is -0.660. The summed E-state index contributed by atoms with van der Waals surface area (Å²) in [5.41, 5.74) is 1.19. The lowest BCUT2D eigenvalue weighted by molar-refractivity contribution is 0.0517. The van der Waals surface area contributed by atoms with E-state index in [-0.39, 0.29) is 36.6 Å². The molecule has 0 fully saturated rings. The smallest absolute Gasteiger partial charge is 0.359 e. The van der Waals surface area contributed by atoms with Gasteiger partial charge in [-0.25, -0.2) is 9.48 Å². The number of ether oxygens (including phenoxy) is 2. The van der Waals surface area contributed by atoms with Crippen LogP contribution in [0, 0.1) is 0 Å². The number of para-hydroxylation sites is 1. The van der Waals surface area contributed by atoms with Crippen LogP contribution in [0.15, 0.2) is 54.6 Å². The number of carbonyl (C=O) groups is 2. The lowest BCUT2D eigenvalue weighted by Gasteiger charge is -2.11. The zero-order valence-corrected chi connectivity index (χ0v) is 19.8. The molecule has 1 aromatic heterocycles. The fourth-order valence-corrected chi connectivity index (χ4v) is 3.59. The summed E-state index contributed by atoms with van der Waals surface area (Å²) in [6.07, 6.45) is 0.851. The molecule has 0 unspecified atom stereocenters. The average molecular weight is 488 g/mol. The van der Waals surface area contributed by atoms with E-state index in [9.17, 15) is 18.0 Å². The first-order valence-electron chi connectivity index (χ1n) is 10.4. The summed E-state index contributed by atoms with van der Waals surface area (Å²) < 4.78 is 39.4. The normalized spacial score (nSPS) is 11.1. The quantitative estimate of drug-likeness (QED) is 0.342. The minimum atomic E-state index is -3.73. The molecule has 0 bridgehead atoms. The number of amides is 1. The van der Waals surface area contributed by atoms with Crippen LogP contribution in [0.2, 0.25) is 0 Å². The Morgan fingerprint density at radius 1 is 1.06 bits per heavy atom. The highest BCUT2D eigenvalue weighted by atomic mass is 32.2. The SMILES string of the molecule is CCOC(=O)c1nn(-c2ccccc2)c(C(=O)Nc2ccc(OC)cc2)c1CCOS(C)(=O)=O. The third-order valence-corrected chi connectivity index (χ3v) is 5.26. The summed E-state index contributed by atoms with van der Waals surface area (Å²) in [5, 5.41) is 7.14. The molecule has 0 aliphatic rings. The number of nitrogens with zero attached hydrogens (tertiary/aromatic N) is 2. The van der Waals surface area contributed by atoms with Crippen molar-refractivity contribution in [2.75, 3.05) is 31.9 Å². The van der Waals surface area contributed by atoms with Gasteiger partial charge in [0.2, 0.25) is 0 Å². The van der Waals surface area contributed by atoms with Gasteiger partial charge < -0.3 is 14.8 Å². The highest BCUT2D eigenvalue weighted by molar-refractivity contribution is 7.85. The fourth-order valence-electron chi connectivity index (χ4n) is 3.20. The van der Waals surface area contributed by atoms with Crippen LogP contribution in [-0.4, -0.2) is 56.7 Å². The van der Waals surface area contributed by atoms with Gasteiger partial charge in [-0.05, 0) is 43.3 Å². The number of carbonyl (C=O) groups excluding carboxylic acids is 2. The number of hydrogen-bond donors (Lipinski definition) is 1. The first kappa shape index (κ1) is 24.9. The molecule has 34 heavy (non-hydrogen) atoms. The monoisotopic (exact) mass is 487 g/mol. The molecule has 0 aliphatic heterocycles. The van der Waals surface area contributed by atoms with E-state index < -0.39 is 22.0 Å². The Bertz CT molecular complexity index is 1250. The van der Waals surface area contributed by atoms with Gasteiger partial charge in [0.05, 0.1) is 32.3 Å². The van der Waals surface area contributed by atoms with E-state index >= 15 is 0 Å². The van der Waals surface area contributed by atoms with Gasteiger partial charge in [-0.15, -0.1) is 0 Å². The average Bonchev–Trinajstić information content (AvgIpc) is 3.19. The first-order chi connectivity index (χ1) is 16.2. The van der Waals surface area contributed by atoms with Gasteiger partial charge in [-0.1, -0.05) is 18.2 Å². The van der Waals surface area contributed by atoms with Gasteiger partial charge in [-0.3, -0.25) is 8.98 Å². The summed E-state index contributed by atoms with van der Waals surface area (Å²) in [7, 11) is -2.19. The summed E-state index contributed by atoms with van der Waals surface area (Å²) in [6, 6.07) is 15.5. The van der Waals surface area contributed by atoms with Crippen LogP contribution in [0.3, 0.4) is 0 Å². The predicted molar refractivity (Wildman–Crippen MR) is 125 cm³/mol. The van der Waals surface area contributed by atoms with Crippen molar-refractivity contribution >= 4 is 27.7 Å². The lowest BCUT2D eigenvalue weighted by atomic mass is 10.1. The highest BCUT2D eigenvalue weighted by Crippen LogP contribution is 2.23. The molecule has 0 atom stereocenters. The molecule has 0 saturated carbocycles. The minimum Gasteiger partial charge on any atom is -0.497 e. The van der Waals surface area contributed by atoms with Gasteiger partial charge >= 0.3 is 5.97 Å². The standard InChI is InChI=1S/C23H25N3O7S/c1-4-32-23(28)20-19(14-15-33-34(3,29)30)21(26(25-20)17-8-6-5-7-9-17)22(27)24-16-10-12-18(31-2)13-11-16/h5-13H,4,14-15H2,1-3H3,(H,24,27). The summed E-state index contributed by atoms with van der Waals surface area (Å²) in [6.45, 7) is 1.47. The fraction of sp³-hybridized carbons (Fsp3) is 0.261. The van der Waals surface area contributed by atoms with Crippen LogP contribution in [-0.2, 0) is 25.5 Å². The third kappa shape index (κ3) is 6.21. The van der Waals surface area contributed by atoms with Crippen molar-refractivity contribution in [1.29, 1.82) is 0 Å². The van der Waals surface area contributed by atoms with E-state index in [1.165, 1.54) is 11.8 Å². The minimum absolute atomic E-state index is 0.0576. The number of esters is 1. The number of aromatic nitrogens is 2. The van der Waals surface area contributed by atoms with Crippen LogP contribution in [0.1, 0.15) is 33.5 Å². The molecular weight excluding hydrogens is 462 g/mol. The number of methoxy groups -OCH3 is 1. The maximum Gasteiger partial charge on any atom is 0.359 e. The summed E-state index contributed by atoms with van der Waals surface area (Å²) in [4.78, 5) is 26.1. The van der Waals surface area contributed by atoms with Crippen molar-refractivity contribution in [1.82, 2.24) is 9.78 Å². The Kier molecular flexibility index (Phi) is 8.03. The van der Waals surface area contributed by atoms with Crippen molar-refractivity contribution < 1.29 is 31.7 Å². The van der Waals surface area contributed by atoms with Crippen LogP contribution in [0.4, 0.5) is 5.69 Å². The van der Waals surface area contributed by atoms with E-state index in [4.69, 9.17) is 13.7 Å². The maximum absolute atomic E-state index is 13.4. The van der Waals surface area contributed by atoms with E-state index in [0.29, 0.717) is 17.1 Å². The molecule has 3 rings (SSSR count). The van der Waals surface area contributed by atoms with E-state index in [1.807, 2.05) is 0 Å². The van der Waals surface area contributed by atoms with Crippen LogP contribution in [0.25, 0.3) is 5.69 Å². The molecule has 1 N–H and O–H groups in total. The molecule has 10 nitrogen and oxygen atoms in total. The Balaban J connectivity index is 2.09.